The van der Waals surface area contributed by atoms with E-state index in [2.05, 4.69) is 41.5 Å². The summed E-state index contributed by atoms with van der Waals surface area (Å²) in [6, 6.07) is 0. The molecule has 72 valence electrons. The molecule has 1 heteroatoms. The summed E-state index contributed by atoms with van der Waals surface area (Å²) >= 11 is 0. The molecule has 0 saturated heterocycles. The third-order valence-corrected chi connectivity index (χ3v) is 3.16. The second kappa shape index (κ2) is 4.33. The van der Waals surface area contributed by atoms with Crippen LogP contribution < -0.4 is 0 Å². The van der Waals surface area contributed by atoms with E-state index in [9.17, 15) is 0 Å². The van der Waals surface area contributed by atoms with Gasteiger partial charge in [0.15, 0.2) is 0 Å². The zero-order valence-electron chi connectivity index (χ0n) is 9.12. The number of hydrogen-bond donors (Lipinski definition) is 0. The van der Waals surface area contributed by atoms with Crippen molar-refractivity contribution in [2.24, 2.45) is 0 Å². The molecule has 0 bridgehead atoms. The first-order valence-corrected chi connectivity index (χ1v) is 4.35. The summed E-state index contributed by atoms with van der Waals surface area (Å²) in [5, 5.41) is 0. The third-order valence-electron chi connectivity index (χ3n) is 3.16. The van der Waals surface area contributed by atoms with Crippen LogP contribution in [0.25, 0.3) is 0 Å². The Hall–Kier alpha value is -0.222. The largest absolute Gasteiger partial charge is 0.198 e. The van der Waals surface area contributed by atoms with Crippen molar-refractivity contribution in [1.82, 2.24) is 0 Å². The van der Waals surface area contributed by atoms with Crippen molar-refractivity contribution >= 4 is 0 Å². The second-order valence-corrected chi connectivity index (χ2v) is 3.60. The second-order valence-electron chi connectivity index (χ2n) is 3.60. The van der Waals surface area contributed by atoms with Gasteiger partial charge in [-0.25, -0.2) is 0 Å². The summed E-state index contributed by atoms with van der Waals surface area (Å²) in [7, 11) is 0. The molecule has 0 nitrogen and oxygen atoms in total. The SMILES string of the molecule is [CH2-]c1c(C)c(C)c(C)c(C)c1C.[W]. The molecule has 1 rings (SSSR count). The average Bonchev–Trinajstić information content (AvgIpc) is 2.08. The minimum Gasteiger partial charge on any atom is -0.198 e. The van der Waals surface area contributed by atoms with Crippen molar-refractivity contribution in [2.45, 2.75) is 34.6 Å². The molecule has 0 N–H and O–H groups in total. The maximum absolute atomic E-state index is 4.08. The van der Waals surface area contributed by atoms with Crippen LogP contribution >= 0.6 is 0 Å². The fourth-order valence-corrected chi connectivity index (χ4v) is 1.58. The standard InChI is InChI=1S/C12H17.W/c1-7-8(2)10(4)12(6)11(5)9(7)3;/h1H2,2-6H3;/q-1;. The summed E-state index contributed by atoms with van der Waals surface area (Å²) in [5.74, 6) is 0. The number of benzene rings is 1. The molecular formula is C12H17W-. The molecule has 0 atom stereocenters. The fraction of sp³-hybridized carbons (Fsp3) is 0.417. The Bertz CT molecular complexity index is 219. The summed E-state index contributed by atoms with van der Waals surface area (Å²) in [5.41, 5.74) is 8.09. The van der Waals surface area contributed by atoms with Crippen molar-refractivity contribution in [3.05, 3.63) is 40.3 Å². The van der Waals surface area contributed by atoms with Gasteiger partial charge in [-0.3, -0.25) is 0 Å². The molecule has 0 aromatic heterocycles. The topological polar surface area (TPSA) is 0 Å². The van der Waals surface area contributed by atoms with Crippen LogP contribution in [-0.4, -0.2) is 0 Å². The molecule has 0 heterocycles. The van der Waals surface area contributed by atoms with E-state index in [1.807, 2.05) is 0 Å². The van der Waals surface area contributed by atoms with E-state index in [0.29, 0.717) is 0 Å². The minimum atomic E-state index is 0. The Morgan fingerprint density at radius 1 is 0.615 bits per heavy atom. The van der Waals surface area contributed by atoms with Crippen molar-refractivity contribution in [1.29, 1.82) is 0 Å². The fourth-order valence-electron chi connectivity index (χ4n) is 1.58. The maximum atomic E-state index is 4.08. The predicted octanol–water partition coefficient (Wildman–Crippen LogP) is 3.41. The molecule has 0 aliphatic rings. The van der Waals surface area contributed by atoms with Gasteiger partial charge in [0.25, 0.3) is 0 Å². The number of rotatable bonds is 0. The van der Waals surface area contributed by atoms with Crippen LogP contribution in [0.1, 0.15) is 33.4 Å². The van der Waals surface area contributed by atoms with Gasteiger partial charge >= 0.3 is 0 Å². The quantitative estimate of drug-likeness (QED) is 0.633. The predicted molar refractivity (Wildman–Crippen MR) is 54.6 cm³/mol. The van der Waals surface area contributed by atoms with Crippen LogP contribution in [0.4, 0.5) is 0 Å². The van der Waals surface area contributed by atoms with Gasteiger partial charge < -0.3 is 0 Å². The van der Waals surface area contributed by atoms with Gasteiger partial charge in [0.1, 0.15) is 0 Å². The molecule has 13 heavy (non-hydrogen) atoms. The Labute approximate surface area is 96.0 Å². The van der Waals surface area contributed by atoms with Gasteiger partial charge in [-0.15, -0.1) is 22.3 Å². The number of hydrogen-bond acceptors (Lipinski definition) is 0. The van der Waals surface area contributed by atoms with E-state index in [0.717, 1.165) is 0 Å². The molecule has 0 spiro atoms. The first-order chi connectivity index (χ1) is 5.46. The molecule has 0 unspecified atom stereocenters. The smallest absolute Gasteiger partial charge is 0 e. The third kappa shape index (κ3) is 1.99. The summed E-state index contributed by atoms with van der Waals surface area (Å²) in [6.45, 7) is 14.9. The normalized spacial score (nSPS) is 9.62. The van der Waals surface area contributed by atoms with Crippen molar-refractivity contribution in [3.63, 3.8) is 0 Å². The van der Waals surface area contributed by atoms with Gasteiger partial charge in [-0.2, -0.15) is 12.5 Å². The van der Waals surface area contributed by atoms with Crippen LogP contribution in [0.2, 0.25) is 0 Å². The first-order valence-electron chi connectivity index (χ1n) is 4.35. The van der Waals surface area contributed by atoms with Gasteiger partial charge in [0, 0.05) is 21.1 Å². The summed E-state index contributed by atoms with van der Waals surface area (Å²) in [6.07, 6.45) is 0. The Morgan fingerprint density at radius 2 is 0.846 bits per heavy atom. The van der Waals surface area contributed by atoms with E-state index in [4.69, 9.17) is 0 Å². The van der Waals surface area contributed by atoms with Crippen molar-refractivity contribution in [3.8, 4) is 0 Å². The van der Waals surface area contributed by atoms with E-state index < -0.39 is 0 Å². The van der Waals surface area contributed by atoms with Gasteiger partial charge in [0.2, 0.25) is 0 Å². The molecule has 0 aliphatic heterocycles. The molecule has 0 fully saturated rings. The van der Waals surface area contributed by atoms with E-state index in [-0.39, 0.29) is 21.1 Å². The van der Waals surface area contributed by atoms with Crippen molar-refractivity contribution < 1.29 is 21.1 Å². The van der Waals surface area contributed by atoms with Crippen LogP contribution in [-0.2, 0) is 21.1 Å². The van der Waals surface area contributed by atoms with Gasteiger partial charge in [-0.05, 0) is 6.92 Å². The Kier molecular flexibility index (Phi) is 4.26. The molecule has 1 aromatic carbocycles. The molecular weight excluding hydrogens is 328 g/mol. The first kappa shape index (κ1) is 12.8. The molecule has 0 saturated carbocycles. The summed E-state index contributed by atoms with van der Waals surface area (Å²) in [4.78, 5) is 0. The molecule has 1 aromatic rings. The van der Waals surface area contributed by atoms with Crippen LogP contribution in [0.3, 0.4) is 0 Å². The van der Waals surface area contributed by atoms with Gasteiger partial charge in [0.05, 0.1) is 0 Å². The minimum absolute atomic E-state index is 0. The zero-order chi connectivity index (χ0) is 9.46. The monoisotopic (exact) mass is 345 g/mol. The van der Waals surface area contributed by atoms with E-state index in [1.54, 1.807) is 0 Å². The van der Waals surface area contributed by atoms with Crippen molar-refractivity contribution in [2.75, 3.05) is 0 Å². The van der Waals surface area contributed by atoms with Gasteiger partial charge in [-0.1, -0.05) is 33.3 Å². The molecule has 0 aliphatic carbocycles. The van der Waals surface area contributed by atoms with Crippen LogP contribution in [0, 0.1) is 41.5 Å². The Morgan fingerprint density at radius 3 is 1.15 bits per heavy atom. The van der Waals surface area contributed by atoms with E-state index in [1.165, 1.54) is 33.4 Å². The van der Waals surface area contributed by atoms with Crippen LogP contribution in [0.15, 0.2) is 0 Å². The average molecular weight is 345 g/mol. The molecule has 0 radical (unpaired) electrons. The Balaban J connectivity index is 0.00000144. The molecule has 0 amide bonds. The maximum Gasteiger partial charge on any atom is 0 e. The summed E-state index contributed by atoms with van der Waals surface area (Å²) < 4.78 is 0. The van der Waals surface area contributed by atoms with E-state index >= 15 is 0 Å². The zero-order valence-corrected chi connectivity index (χ0v) is 12.0. The van der Waals surface area contributed by atoms with Crippen LogP contribution in [0.5, 0.6) is 0 Å².